The molecule has 0 spiro atoms. The summed E-state index contributed by atoms with van der Waals surface area (Å²) in [7, 11) is -0.899. The van der Waals surface area contributed by atoms with Crippen molar-refractivity contribution in [1.29, 1.82) is 0 Å². The first-order valence-electron chi connectivity index (χ1n) is 9.71. The Morgan fingerprint density at radius 2 is 1.88 bits per heavy atom. The van der Waals surface area contributed by atoms with Crippen LogP contribution in [0.4, 0.5) is 0 Å². The van der Waals surface area contributed by atoms with Gasteiger partial charge in [0.25, 0.3) is 15.1 Å². The summed E-state index contributed by atoms with van der Waals surface area (Å²) in [5, 5.41) is 14.0. The van der Waals surface area contributed by atoms with Crippen molar-refractivity contribution in [2.75, 3.05) is 20.0 Å². The second kappa shape index (κ2) is 9.07. The summed E-state index contributed by atoms with van der Waals surface area (Å²) in [5.41, 5.74) is 1.80. The molecule has 0 atom stereocenters. The predicted molar refractivity (Wildman–Crippen MR) is 129 cm³/mol. The molecule has 2 aromatic heterocycles. The second-order valence-electron chi connectivity index (χ2n) is 7.09. The number of aromatic hydroxyl groups is 1. The van der Waals surface area contributed by atoms with Crippen LogP contribution in [-0.4, -0.2) is 38.0 Å². The van der Waals surface area contributed by atoms with Crippen molar-refractivity contribution in [3.63, 3.8) is 0 Å². The van der Waals surface area contributed by atoms with E-state index in [0.29, 0.717) is 12.3 Å². The van der Waals surface area contributed by atoms with Gasteiger partial charge in [-0.25, -0.2) is 0 Å². The summed E-state index contributed by atoms with van der Waals surface area (Å²) in [6.07, 6.45) is 4.09. The van der Waals surface area contributed by atoms with E-state index in [9.17, 15) is 13.5 Å². The molecule has 4 aromatic rings. The standard InChI is InChI=1S/C22H21NO6S3/c1-28-17-6-4-14(12-16(17)24)5-7-20-23(9-3-11-32(25,26)27)21-19(31-20)13-18(29-2)15-8-10-30-22(15)21/h4-8,10,12-13H,3,9,11H2,1-2H3,(H-,24,25,26,27)/p+1/b7-5+. The Balaban J connectivity index is 1.81. The number of ether oxygens (including phenoxy) is 2. The molecule has 0 saturated carbocycles. The first kappa shape index (κ1) is 22.5. The number of aryl methyl sites for hydroxylation is 1. The van der Waals surface area contributed by atoms with Crippen molar-refractivity contribution < 1.29 is 32.1 Å². The fourth-order valence-electron chi connectivity index (χ4n) is 3.57. The van der Waals surface area contributed by atoms with Crippen molar-refractivity contribution in [2.24, 2.45) is 0 Å². The Morgan fingerprint density at radius 3 is 2.56 bits per heavy atom. The number of phenols is 1. The fraction of sp³-hybridized carbons (Fsp3) is 0.227. The summed E-state index contributed by atoms with van der Waals surface area (Å²) in [6.45, 7) is 0.423. The van der Waals surface area contributed by atoms with Gasteiger partial charge in [0.15, 0.2) is 18.0 Å². The number of hydrogen-bond donors (Lipinski definition) is 2. The minimum Gasteiger partial charge on any atom is -0.504 e. The molecule has 0 amide bonds. The maximum atomic E-state index is 11.2. The van der Waals surface area contributed by atoms with Gasteiger partial charge in [-0.2, -0.15) is 13.0 Å². The van der Waals surface area contributed by atoms with Crippen LogP contribution < -0.4 is 14.0 Å². The van der Waals surface area contributed by atoms with Crippen LogP contribution >= 0.6 is 22.7 Å². The van der Waals surface area contributed by atoms with Gasteiger partial charge in [0.05, 0.1) is 20.0 Å². The molecule has 0 radical (unpaired) electrons. The smallest absolute Gasteiger partial charge is 0.265 e. The zero-order chi connectivity index (χ0) is 22.9. The topological polar surface area (TPSA) is 96.9 Å². The number of fused-ring (bicyclic) bond motifs is 3. The average Bonchev–Trinajstić information content (AvgIpc) is 3.35. The van der Waals surface area contributed by atoms with Crippen molar-refractivity contribution in [3.05, 3.63) is 46.3 Å². The quantitative estimate of drug-likeness (QED) is 0.276. The molecule has 0 aliphatic heterocycles. The van der Waals surface area contributed by atoms with Gasteiger partial charge in [-0.05, 0) is 35.2 Å². The minimum absolute atomic E-state index is 0.0528. The van der Waals surface area contributed by atoms with Crippen molar-refractivity contribution in [2.45, 2.75) is 13.0 Å². The van der Waals surface area contributed by atoms with E-state index >= 15 is 0 Å². The summed E-state index contributed by atoms with van der Waals surface area (Å²) in [5.74, 6) is 0.931. The lowest BCUT2D eigenvalue weighted by Gasteiger charge is -2.03. The number of phenolic OH excluding ortho intramolecular Hbond substituents is 1. The van der Waals surface area contributed by atoms with Crippen LogP contribution in [0.25, 0.3) is 32.5 Å². The molecule has 10 heteroatoms. The highest BCUT2D eigenvalue weighted by molar-refractivity contribution is 7.85. The molecule has 0 saturated heterocycles. The number of thiazole rings is 1. The number of aromatic nitrogens is 1. The molecule has 0 bridgehead atoms. The van der Waals surface area contributed by atoms with Crippen LogP contribution in [0.1, 0.15) is 17.0 Å². The van der Waals surface area contributed by atoms with Crippen LogP contribution in [-0.2, 0) is 16.7 Å². The van der Waals surface area contributed by atoms with Crippen LogP contribution in [0.2, 0.25) is 0 Å². The molecular weight excluding hydrogens is 470 g/mol. The Kier molecular flexibility index (Phi) is 6.38. The molecule has 168 valence electrons. The van der Waals surface area contributed by atoms with E-state index in [1.165, 1.54) is 7.11 Å². The van der Waals surface area contributed by atoms with E-state index in [1.54, 1.807) is 41.9 Å². The maximum Gasteiger partial charge on any atom is 0.265 e. The number of benzene rings is 2. The zero-order valence-electron chi connectivity index (χ0n) is 17.4. The largest absolute Gasteiger partial charge is 0.504 e. The van der Waals surface area contributed by atoms with Crippen molar-refractivity contribution in [3.8, 4) is 17.2 Å². The molecule has 7 nitrogen and oxygen atoms in total. The first-order valence-corrected chi connectivity index (χ1v) is 13.0. The van der Waals surface area contributed by atoms with E-state index in [2.05, 4.69) is 4.57 Å². The monoisotopic (exact) mass is 492 g/mol. The number of methoxy groups -OCH3 is 2. The highest BCUT2D eigenvalue weighted by atomic mass is 32.2. The number of rotatable bonds is 8. The summed E-state index contributed by atoms with van der Waals surface area (Å²) in [4.78, 5) is 0. The molecule has 2 aromatic carbocycles. The Morgan fingerprint density at radius 1 is 1.09 bits per heavy atom. The van der Waals surface area contributed by atoms with Gasteiger partial charge in [-0.15, -0.1) is 11.3 Å². The third-order valence-corrected chi connectivity index (χ3v) is 7.84. The van der Waals surface area contributed by atoms with Crippen LogP contribution in [0.5, 0.6) is 17.2 Å². The van der Waals surface area contributed by atoms with E-state index in [0.717, 1.165) is 36.6 Å². The summed E-state index contributed by atoms with van der Waals surface area (Å²) < 4.78 is 46.5. The van der Waals surface area contributed by atoms with Gasteiger partial charge >= 0.3 is 0 Å². The minimum atomic E-state index is -4.04. The van der Waals surface area contributed by atoms with Crippen LogP contribution in [0, 0.1) is 0 Å². The zero-order valence-corrected chi connectivity index (χ0v) is 19.9. The number of hydrogen-bond acceptors (Lipinski definition) is 7. The van der Waals surface area contributed by atoms with Crippen molar-refractivity contribution >= 4 is 65.2 Å². The Hall–Kier alpha value is -2.66. The van der Waals surface area contributed by atoms with Gasteiger partial charge in [-0.1, -0.05) is 17.4 Å². The lowest BCUT2D eigenvalue weighted by atomic mass is 10.2. The molecule has 0 aliphatic carbocycles. The predicted octanol–water partition coefficient (Wildman–Crippen LogP) is 4.57. The van der Waals surface area contributed by atoms with Gasteiger partial charge < -0.3 is 14.6 Å². The molecule has 32 heavy (non-hydrogen) atoms. The highest BCUT2D eigenvalue weighted by Crippen LogP contribution is 2.38. The third-order valence-electron chi connectivity index (χ3n) is 5.02. The molecule has 0 unspecified atom stereocenters. The normalized spacial score (nSPS) is 12.2. The van der Waals surface area contributed by atoms with E-state index in [1.807, 2.05) is 35.7 Å². The van der Waals surface area contributed by atoms with Crippen molar-refractivity contribution in [1.82, 2.24) is 0 Å². The number of thiophene rings is 1. The fourth-order valence-corrected chi connectivity index (χ4v) is 6.23. The first-order chi connectivity index (χ1) is 15.3. The lowest BCUT2D eigenvalue weighted by Crippen LogP contribution is -2.36. The SMILES string of the molecule is COc1ccc(/C=C/c2sc3cc(OC)c4ccsc4c3[n+]2CCCS(=O)(=O)O)cc1O. The number of nitrogens with zero attached hydrogens (tertiary/aromatic N) is 1. The molecule has 0 fully saturated rings. The van der Waals surface area contributed by atoms with Crippen LogP contribution in [0.3, 0.4) is 0 Å². The van der Waals surface area contributed by atoms with E-state index < -0.39 is 10.1 Å². The molecule has 2 heterocycles. The molecule has 4 rings (SSSR count). The van der Waals surface area contributed by atoms with E-state index in [-0.39, 0.29) is 17.9 Å². The molecular formula is C22H22NO6S3+. The summed E-state index contributed by atoms with van der Waals surface area (Å²) >= 11 is 3.16. The highest BCUT2D eigenvalue weighted by Gasteiger charge is 2.24. The van der Waals surface area contributed by atoms with Gasteiger partial charge in [0.1, 0.15) is 15.1 Å². The average molecular weight is 493 g/mol. The second-order valence-corrected chi connectivity index (χ2v) is 10.6. The molecule has 0 aliphatic rings. The maximum absolute atomic E-state index is 11.2. The van der Waals surface area contributed by atoms with Gasteiger partial charge in [0.2, 0.25) is 5.52 Å². The van der Waals surface area contributed by atoms with Gasteiger partial charge in [0, 0.05) is 23.9 Å². The van der Waals surface area contributed by atoms with Gasteiger partial charge in [-0.3, -0.25) is 4.55 Å². The van der Waals surface area contributed by atoms with Crippen LogP contribution in [0.15, 0.2) is 35.7 Å². The summed E-state index contributed by atoms with van der Waals surface area (Å²) in [6, 6.07) is 9.15. The third kappa shape index (κ3) is 4.58. The molecule has 2 N–H and O–H groups in total. The Labute approximate surface area is 193 Å². The lowest BCUT2D eigenvalue weighted by molar-refractivity contribution is -0.667. The van der Waals surface area contributed by atoms with E-state index in [4.69, 9.17) is 14.0 Å². The Bertz CT molecular complexity index is 1420.